The van der Waals surface area contributed by atoms with Crippen LogP contribution in [0.1, 0.15) is 47.1 Å². The monoisotopic (exact) mass is 214 g/mol. The molecule has 1 fully saturated rings. The third-order valence-electron chi connectivity index (χ3n) is 3.48. The summed E-state index contributed by atoms with van der Waals surface area (Å²) in [6.07, 6.45) is 6.54. The highest BCUT2D eigenvalue weighted by Crippen LogP contribution is 2.36. The van der Waals surface area contributed by atoms with Crippen molar-refractivity contribution in [1.29, 1.82) is 0 Å². The molecule has 0 bridgehead atoms. The van der Waals surface area contributed by atoms with Gasteiger partial charge in [-0.1, -0.05) is 6.42 Å². The van der Waals surface area contributed by atoms with Gasteiger partial charge in [0, 0.05) is 17.7 Å². The largest absolute Gasteiger partial charge is 0.303 e. The molecule has 1 saturated carbocycles. The third kappa shape index (κ3) is 1.28. The summed E-state index contributed by atoms with van der Waals surface area (Å²) >= 11 is 0. The summed E-state index contributed by atoms with van der Waals surface area (Å²) in [4.78, 5) is 15.4. The number of carbonyl (C=O) groups is 1. The van der Waals surface area contributed by atoms with Crippen LogP contribution in [-0.2, 0) is 0 Å². The summed E-state index contributed by atoms with van der Waals surface area (Å²) in [5.41, 5.74) is 2.89. The Morgan fingerprint density at radius 3 is 2.88 bits per heavy atom. The topological polar surface area (TPSA) is 34.4 Å². The van der Waals surface area contributed by atoms with E-state index in [0.717, 1.165) is 23.3 Å². The molecular formula is C13H14N2O. The number of aryl methyl sites for hydroxylation is 1. The Hall–Kier alpha value is -1.64. The number of hydrogen-bond donors (Lipinski definition) is 0. The minimum Gasteiger partial charge on any atom is -0.303 e. The van der Waals surface area contributed by atoms with Crippen LogP contribution in [0.3, 0.4) is 0 Å². The van der Waals surface area contributed by atoms with Crippen molar-refractivity contribution in [1.82, 2.24) is 9.38 Å². The van der Waals surface area contributed by atoms with E-state index in [1.807, 2.05) is 25.3 Å². The van der Waals surface area contributed by atoms with Gasteiger partial charge < -0.3 is 4.40 Å². The summed E-state index contributed by atoms with van der Waals surface area (Å²) in [7, 11) is 0. The van der Waals surface area contributed by atoms with E-state index in [9.17, 15) is 4.79 Å². The molecule has 1 aliphatic rings. The van der Waals surface area contributed by atoms with Gasteiger partial charge in [0.25, 0.3) is 0 Å². The first kappa shape index (κ1) is 9.58. The van der Waals surface area contributed by atoms with Crippen LogP contribution >= 0.6 is 0 Å². The fourth-order valence-corrected chi connectivity index (χ4v) is 2.31. The molecule has 0 amide bonds. The van der Waals surface area contributed by atoms with Gasteiger partial charge in [0.2, 0.25) is 0 Å². The molecule has 2 aromatic rings. The van der Waals surface area contributed by atoms with E-state index in [1.165, 1.54) is 19.3 Å². The average Bonchev–Trinajstić information content (AvgIpc) is 2.54. The quantitative estimate of drug-likeness (QED) is 0.720. The smallest absolute Gasteiger partial charge is 0.151 e. The maximum atomic E-state index is 10.8. The standard InChI is InChI=1S/C13H14N2O/c1-9-12-6-5-10(8-16)7-15(12)13(14-9)11-3-2-4-11/h5-8,11H,2-4H2,1H3. The van der Waals surface area contributed by atoms with E-state index in [2.05, 4.69) is 9.38 Å². The molecule has 3 nitrogen and oxygen atoms in total. The number of rotatable bonds is 2. The Morgan fingerprint density at radius 1 is 1.44 bits per heavy atom. The van der Waals surface area contributed by atoms with Crippen LogP contribution < -0.4 is 0 Å². The first-order valence-corrected chi connectivity index (χ1v) is 5.73. The van der Waals surface area contributed by atoms with Gasteiger partial charge in [-0.2, -0.15) is 0 Å². The molecule has 3 heteroatoms. The second-order valence-electron chi connectivity index (χ2n) is 4.52. The molecule has 0 spiro atoms. The van der Waals surface area contributed by atoms with Crippen molar-refractivity contribution in [3.63, 3.8) is 0 Å². The van der Waals surface area contributed by atoms with Gasteiger partial charge in [-0.3, -0.25) is 4.79 Å². The number of hydrogen-bond acceptors (Lipinski definition) is 2. The maximum absolute atomic E-state index is 10.8. The molecule has 0 N–H and O–H groups in total. The summed E-state index contributed by atoms with van der Waals surface area (Å²) in [6, 6.07) is 3.83. The first-order chi connectivity index (χ1) is 7.79. The molecule has 82 valence electrons. The number of pyridine rings is 1. The van der Waals surface area contributed by atoms with E-state index in [4.69, 9.17) is 0 Å². The Morgan fingerprint density at radius 2 is 2.25 bits per heavy atom. The lowest BCUT2D eigenvalue weighted by atomic mass is 9.85. The van der Waals surface area contributed by atoms with Crippen LogP contribution in [0, 0.1) is 6.92 Å². The van der Waals surface area contributed by atoms with Crippen molar-refractivity contribution < 1.29 is 4.79 Å². The molecule has 0 aliphatic heterocycles. The number of aromatic nitrogens is 2. The highest BCUT2D eigenvalue weighted by Gasteiger charge is 2.24. The average molecular weight is 214 g/mol. The number of carbonyl (C=O) groups excluding carboxylic acids is 1. The van der Waals surface area contributed by atoms with Crippen LogP contribution in [0.5, 0.6) is 0 Å². The lowest BCUT2D eigenvalue weighted by Crippen LogP contribution is -2.12. The molecule has 2 heterocycles. The van der Waals surface area contributed by atoms with Crippen molar-refractivity contribution in [3.05, 3.63) is 35.4 Å². The Labute approximate surface area is 94.1 Å². The van der Waals surface area contributed by atoms with E-state index in [1.54, 1.807) is 0 Å². The van der Waals surface area contributed by atoms with Gasteiger partial charge in [0.15, 0.2) is 6.29 Å². The highest BCUT2D eigenvalue weighted by atomic mass is 16.1. The Bertz CT molecular complexity index is 552. The minimum absolute atomic E-state index is 0.586. The predicted octanol–water partition coefficient (Wildman–Crippen LogP) is 2.72. The van der Waals surface area contributed by atoms with Gasteiger partial charge in [0.05, 0.1) is 11.2 Å². The van der Waals surface area contributed by atoms with Gasteiger partial charge in [0.1, 0.15) is 5.82 Å². The molecule has 1 aliphatic carbocycles. The van der Waals surface area contributed by atoms with Gasteiger partial charge in [-0.05, 0) is 31.9 Å². The molecule has 0 saturated heterocycles. The van der Waals surface area contributed by atoms with Crippen molar-refractivity contribution in [2.75, 3.05) is 0 Å². The van der Waals surface area contributed by atoms with Crippen LogP contribution in [0.15, 0.2) is 18.3 Å². The molecular weight excluding hydrogens is 200 g/mol. The van der Waals surface area contributed by atoms with Crippen molar-refractivity contribution in [2.45, 2.75) is 32.1 Å². The lowest BCUT2D eigenvalue weighted by molar-refractivity contribution is 0.112. The molecule has 0 aromatic carbocycles. The van der Waals surface area contributed by atoms with Crippen molar-refractivity contribution in [2.24, 2.45) is 0 Å². The van der Waals surface area contributed by atoms with E-state index < -0.39 is 0 Å². The number of fused-ring (bicyclic) bond motifs is 1. The van der Waals surface area contributed by atoms with Crippen molar-refractivity contribution >= 4 is 11.8 Å². The molecule has 0 unspecified atom stereocenters. The van der Waals surface area contributed by atoms with Gasteiger partial charge in [-0.15, -0.1) is 0 Å². The maximum Gasteiger partial charge on any atom is 0.151 e. The summed E-state index contributed by atoms with van der Waals surface area (Å²) in [6.45, 7) is 2.03. The highest BCUT2D eigenvalue weighted by molar-refractivity contribution is 5.75. The van der Waals surface area contributed by atoms with E-state index in [-0.39, 0.29) is 0 Å². The summed E-state index contributed by atoms with van der Waals surface area (Å²) < 4.78 is 2.09. The summed E-state index contributed by atoms with van der Waals surface area (Å²) in [5.74, 6) is 1.71. The second kappa shape index (κ2) is 3.44. The Kier molecular flexibility index (Phi) is 2.06. The van der Waals surface area contributed by atoms with Crippen molar-refractivity contribution in [3.8, 4) is 0 Å². The number of nitrogens with zero attached hydrogens (tertiary/aromatic N) is 2. The van der Waals surface area contributed by atoms with Gasteiger partial charge in [-0.25, -0.2) is 4.98 Å². The zero-order chi connectivity index (χ0) is 11.1. The first-order valence-electron chi connectivity index (χ1n) is 5.73. The molecule has 2 aromatic heterocycles. The molecule has 16 heavy (non-hydrogen) atoms. The minimum atomic E-state index is 0.586. The predicted molar refractivity (Wildman–Crippen MR) is 61.9 cm³/mol. The zero-order valence-corrected chi connectivity index (χ0v) is 9.31. The molecule has 3 rings (SSSR count). The molecule has 0 radical (unpaired) electrons. The Balaban J connectivity index is 2.22. The van der Waals surface area contributed by atoms with Crippen LogP contribution in [0.25, 0.3) is 5.52 Å². The van der Waals surface area contributed by atoms with Crippen LogP contribution in [0.2, 0.25) is 0 Å². The third-order valence-corrected chi connectivity index (χ3v) is 3.48. The van der Waals surface area contributed by atoms with Crippen LogP contribution in [0.4, 0.5) is 0 Å². The molecule has 0 atom stereocenters. The van der Waals surface area contributed by atoms with Crippen LogP contribution in [-0.4, -0.2) is 15.7 Å². The second-order valence-corrected chi connectivity index (χ2v) is 4.52. The van der Waals surface area contributed by atoms with E-state index in [0.29, 0.717) is 11.5 Å². The van der Waals surface area contributed by atoms with Gasteiger partial charge >= 0.3 is 0 Å². The van der Waals surface area contributed by atoms with E-state index >= 15 is 0 Å². The summed E-state index contributed by atoms with van der Waals surface area (Å²) in [5, 5.41) is 0. The fraction of sp³-hybridized carbons (Fsp3) is 0.385. The number of aldehydes is 1. The number of imidazole rings is 1. The lowest BCUT2D eigenvalue weighted by Gasteiger charge is -2.24. The SMILES string of the molecule is Cc1nc(C2CCC2)n2cc(C=O)ccc12. The fourth-order valence-electron chi connectivity index (χ4n) is 2.31. The zero-order valence-electron chi connectivity index (χ0n) is 9.31. The normalized spacial score (nSPS) is 16.3.